The van der Waals surface area contributed by atoms with Gasteiger partial charge < -0.3 is 5.73 Å². The van der Waals surface area contributed by atoms with Gasteiger partial charge in [0.2, 0.25) is 0 Å². The fourth-order valence-corrected chi connectivity index (χ4v) is 6.05. The van der Waals surface area contributed by atoms with E-state index in [0.717, 1.165) is 43.5 Å². The van der Waals surface area contributed by atoms with Gasteiger partial charge in [0.1, 0.15) is 9.84 Å². The summed E-state index contributed by atoms with van der Waals surface area (Å²) in [6.07, 6.45) is 6.16. The van der Waals surface area contributed by atoms with Gasteiger partial charge in [-0.15, -0.1) is 0 Å². The maximum atomic E-state index is 11.9. The third-order valence-corrected chi connectivity index (χ3v) is 8.08. The van der Waals surface area contributed by atoms with E-state index in [1.54, 1.807) is 0 Å². The summed E-state index contributed by atoms with van der Waals surface area (Å²) in [6.45, 7) is 1.91. The van der Waals surface area contributed by atoms with Gasteiger partial charge in [-0.3, -0.25) is 0 Å². The lowest BCUT2D eigenvalue weighted by atomic mass is 9.76. The topological polar surface area (TPSA) is 60.2 Å². The number of aryl methyl sites for hydroxylation is 2. The maximum Gasteiger partial charge on any atom is 0.150 e. The van der Waals surface area contributed by atoms with E-state index in [0.29, 0.717) is 23.8 Å². The largest absolute Gasteiger partial charge is 0.327 e. The zero-order chi connectivity index (χ0) is 20.9. The van der Waals surface area contributed by atoms with Gasteiger partial charge in [0.25, 0.3) is 0 Å². The Kier molecular flexibility index (Phi) is 7.78. The molecule has 0 aromatic heterocycles. The second-order valence-electron chi connectivity index (χ2n) is 8.29. The second-order valence-corrected chi connectivity index (χ2v) is 11.0. The molecule has 2 aromatic rings. The molecule has 0 spiro atoms. The van der Waals surface area contributed by atoms with Crippen LogP contribution in [-0.2, 0) is 29.1 Å². The minimum absolute atomic E-state index is 0.149. The molecule has 0 aliphatic heterocycles. The fraction of sp³-hybridized carbons (Fsp3) is 0.500. The van der Waals surface area contributed by atoms with E-state index >= 15 is 0 Å². The Balaban J connectivity index is 1.68. The highest BCUT2D eigenvalue weighted by Crippen LogP contribution is 2.35. The van der Waals surface area contributed by atoms with Crippen molar-refractivity contribution < 1.29 is 8.42 Å². The second kappa shape index (κ2) is 10.1. The first-order valence-electron chi connectivity index (χ1n) is 10.7. The summed E-state index contributed by atoms with van der Waals surface area (Å²) in [6, 6.07) is 15.0. The summed E-state index contributed by atoms with van der Waals surface area (Å²) < 4.78 is 23.8. The fourth-order valence-electron chi connectivity index (χ4n) is 4.37. The van der Waals surface area contributed by atoms with E-state index in [1.165, 1.54) is 22.3 Å². The molecule has 1 aliphatic carbocycles. The van der Waals surface area contributed by atoms with Gasteiger partial charge >= 0.3 is 0 Å². The van der Waals surface area contributed by atoms with Crippen molar-refractivity contribution >= 4 is 21.4 Å². The Morgan fingerprint density at radius 3 is 2.66 bits per heavy atom. The number of nitrogens with two attached hydrogens (primary N) is 1. The summed E-state index contributed by atoms with van der Waals surface area (Å²) >= 11 is 6.17. The Labute approximate surface area is 180 Å². The lowest BCUT2D eigenvalue weighted by molar-refractivity contribution is 0.467. The van der Waals surface area contributed by atoms with Crippen LogP contribution in [0.5, 0.6) is 0 Å². The molecule has 2 N–H and O–H groups in total. The first-order chi connectivity index (χ1) is 13.9. The highest BCUT2D eigenvalue weighted by Gasteiger charge is 2.27. The van der Waals surface area contributed by atoms with Crippen molar-refractivity contribution in [1.29, 1.82) is 0 Å². The van der Waals surface area contributed by atoms with Crippen LogP contribution >= 0.6 is 11.6 Å². The Morgan fingerprint density at radius 1 is 1.07 bits per heavy atom. The van der Waals surface area contributed by atoms with Crippen molar-refractivity contribution in [2.75, 3.05) is 11.5 Å². The summed E-state index contributed by atoms with van der Waals surface area (Å²) in [5, 5.41) is 0.763. The van der Waals surface area contributed by atoms with Crippen molar-refractivity contribution in [3.8, 4) is 0 Å². The van der Waals surface area contributed by atoms with Crippen LogP contribution in [-0.4, -0.2) is 26.0 Å². The van der Waals surface area contributed by atoms with E-state index in [1.807, 2.05) is 25.1 Å². The number of fused-ring (bicyclic) bond motifs is 1. The lowest BCUT2D eigenvalue weighted by Gasteiger charge is -2.32. The van der Waals surface area contributed by atoms with E-state index < -0.39 is 9.84 Å². The molecule has 3 rings (SSSR count). The van der Waals surface area contributed by atoms with Crippen molar-refractivity contribution in [1.82, 2.24) is 0 Å². The minimum Gasteiger partial charge on any atom is -0.327 e. The average molecular weight is 434 g/mol. The third-order valence-electron chi connectivity index (χ3n) is 5.90. The van der Waals surface area contributed by atoms with Crippen LogP contribution in [0.25, 0.3) is 0 Å². The molecule has 5 heteroatoms. The zero-order valence-electron chi connectivity index (χ0n) is 17.2. The molecule has 2 aromatic carbocycles. The molecule has 0 bridgehead atoms. The van der Waals surface area contributed by atoms with Crippen LogP contribution in [0.3, 0.4) is 0 Å². The Hall–Kier alpha value is -1.36. The number of hydrogen-bond acceptors (Lipinski definition) is 3. The smallest absolute Gasteiger partial charge is 0.150 e. The zero-order valence-corrected chi connectivity index (χ0v) is 18.8. The molecule has 2 unspecified atom stereocenters. The summed E-state index contributed by atoms with van der Waals surface area (Å²) in [4.78, 5) is 0. The average Bonchev–Trinajstić information content (AvgIpc) is 2.67. The SMILES string of the molecule is CCCS(=O)(=O)CCCCc1ccc2c(c1)C(Cc1cccc(Cl)c1)C(N)CC2. The molecule has 29 heavy (non-hydrogen) atoms. The van der Waals surface area contributed by atoms with E-state index in [9.17, 15) is 8.42 Å². The van der Waals surface area contributed by atoms with Crippen LogP contribution in [0.4, 0.5) is 0 Å². The Bertz CT molecular complexity index is 926. The molecule has 2 atom stereocenters. The minimum atomic E-state index is -2.88. The number of hydrogen-bond donors (Lipinski definition) is 1. The molecule has 158 valence electrons. The predicted octanol–water partition coefficient (Wildman–Crippen LogP) is 5.09. The number of unbranched alkanes of at least 4 members (excludes halogenated alkanes) is 1. The summed E-state index contributed by atoms with van der Waals surface area (Å²) in [5.41, 5.74) is 11.8. The normalized spacial score (nSPS) is 19.1. The van der Waals surface area contributed by atoms with Crippen molar-refractivity contribution in [3.05, 3.63) is 69.7 Å². The van der Waals surface area contributed by atoms with Crippen LogP contribution in [0.15, 0.2) is 42.5 Å². The number of sulfone groups is 1. The molecule has 1 aliphatic rings. The number of rotatable bonds is 9. The molecular weight excluding hydrogens is 402 g/mol. The lowest BCUT2D eigenvalue weighted by Crippen LogP contribution is -2.34. The third kappa shape index (κ3) is 6.31. The van der Waals surface area contributed by atoms with Crippen molar-refractivity contribution in [2.45, 2.75) is 63.8 Å². The number of halogens is 1. The molecule has 0 radical (unpaired) electrons. The van der Waals surface area contributed by atoms with Gasteiger partial charge in [0.15, 0.2) is 0 Å². The summed E-state index contributed by atoms with van der Waals surface area (Å²) in [7, 11) is -2.88. The molecule has 3 nitrogen and oxygen atoms in total. The van der Waals surface area contributed by atoms with Gasteiger partial charge in [0, 0.05) is 22.7 Å². The van der Waals surface area contributed by atoms with E-state index in [-0.39, 0.29) is 6.04 Å². The standard InChI is InChI=1S/C24H32ClNO2S/c1-2-13-29(27,28)14-4-3-6-18-9-10-20-11-12-24(26)23(22(20)16-18)17-19-7-5-8-21(25)15-19/h5,7-10,15-16,23-24H,2-4,6,11-14,17,26H2,1H3. The van der Waals surface area contributed by atoms with Gasteiger partial charge in [0.05, 0.1) is 5.75 Å². The molecule has 0 fully saturated rings. The maximum absolute atomic E-state index is 11.9. The van der Waals surface area contributed by atoms with Crippen molar-refractivity contribution in [3.63, 3.8) is 0 Å². The van der Waals surface area contributed by atoms with Crippen LogP contribution in [0, 0.1) is 0 Å². The molecular formula is C24H32ClNO2S. The molecule has 0 saturated carbocycles. The van der Waals surface area contributed by atoms with Gasteiger partial charge in [-0.25, -0.2) is 8.42 Å². The number of benzene rings is 2. The van der Waals surface area contributed by atoms with Crippen LogP contribution in [0.1, 0.15) is 60.8 Å². The first kappa shape index (κ1) is 22.3. The van der Waals surface area contributed by atoms with Crippen molar-refractivity contribution in [2.24, 2.45) is 5.73 Å². The van der Waals surface area contributed by atoms with E-state index in [4.69, 9.17) is 17.3 Å². The molecule has 0 heterocycles. The first-order valence-corrected chi connectivity index (χ1v) is 12.9. The van der Waals surface area contributed by atoms with Crippen LogP contribution < -0.4 is 5.73 Å². The quantitative estimate of drug-likeness (QED) is 0.560. The molecule has 0 amide bonds. The highest BCUT2D eigenvalue weighted by molar-refractivity contribution is 7.91. The van der Waals surface area contributed by atoms with E-state index in [2.05, 4.69) is 24.3 Å². The summed E-state index contributed by atoms with van der Waals surface area (Å²) in [5.74, 6) is 0.894. The monoisotopic (exact) mass is 433 g/mol. The Morgan fingerprint density at radius 2 is 1.90 bits per heavy atom. The van der Waals surface area contributed by atoms with Gasteiger partial charge in [-0.2, -0.15) is 0 Å². The van der Waals surface area contributed by atoms with Crippen LogP contribution in [0.2, 0.25) is 5.02 Å². The van der Waals surface area contributed by atoms with Gasteiger partial charge in [-0.1, -0.05) is 48.9 Å². The van der Waals surface area contributed by atoms with Gasteiger partial charge in [-0.05, 0) is 79.3 Å². The molecule has 0 saturated heterocycles. The predicted molar refractivity (Wildman–Crippen MR) is 123 cm³/mol. The highest BCUT2D eigenvalue weighted by atomic mass is 35.5.